The van der Waals surface area contributed by atoms with Crippen molar-refractivity contribution in [3.05, 3.63) is 18.3 Å². The number of alkyl halides is 2. The SMILES string of the molecule is CS(=O)(=O)c1ccc(N2CCOCC(F)(F)C2)nc1. The summed E-state index contributed by atoms with van der Waals surface area (Å²) >= 11 is 0. The lowest BCUT2D eigenvalue weighted by molar-refractivity contribution is -0.0564. The first-order valence-electron chi connectivity index (χ1n) is 5.65. The molecule has 2 heterocycles. The molecule has 1 aliphatic heterocycles. The maximum atomic E-state index is 13.4. The van der Waals surface area contributed by atoms with Gasteiger partial charge in [-0.05, 0) is 12.1 Å². The Kier molecular flexibility index (Phi) is 3.73. The largest absolute Gasteiger partial charge is 0.373 e. The Morgan fingerprint density at radius 2 is 2.16 bits per heavy atom. The number of rotatable bonds is 2. The highest BCUT2D eigenvalue weighted by molar-refractivity contribution is 7.90. The lowest BCUT2D eigenvalue weighted by atomic mass is 10.3. The molecule has 1 aromatic rings. The molecule has 0 radical (unpaired) electrons. The number of pyridine rings is 1. The Balaban J connectivity index is 2.22. The minimum atomic E-state index is -3.33. The van der Waals surface area contributed by atoms with Gasteiger partial charge in [0.05, 0.1) is 18.0 Å². The average Bonchev–Trinajstić information content (AvgIpc) is 2.49. The molecule has 19 heavy (non-hydrogen) atoms. The fraction of sp³-hybridized carbons (Fsp3) is 0.545. The molecule has 0 N–H and O–H groups in total. The zero-order valence-electron chi connectivity index (χ0n) is 10.3. The van der Waals surface area contributed by atoms with Crippen LogP contribution in [-0.4, -0.2) is 51.9 Å². The van der Waals surface area contributed by atoms with E-state index in [2.05, 4.69) is 4.98 Å². The van der Waals surface area contributed by atoms with Crippen LogP contribution in [-0.2, 0) is 14.6 Å². The standard InChI is InChI=1S/C11H14F2N2O3S/c1-19(16,17)9-2-3-10(14-6-9)15-4-5-18-8-11(12,13)7-15/h2-3,6H,4-5,7-8H2,1H3. The normalized spacial score (nSPS) is 20.1. The second-order valence-electron chi connectivity index (χ2n) is 4.45. The van der Waals surface area contributed by atoms with Gasteiger partial charge in [-0.1, -0.05) is 0 Å². The van der Waals surface area contributed by atoms with Crippen molar-refractivity contribution in [1.82, 2.24) is 4.98 Å². The predicted octanol–water partition coefficient (Wildman–Crippen LogP) is 0.957. The summed E-state index contributed by atoms with van der Waals surface area (Å²) in [5.41, 5.74) is 0. The number of anilines is 1. The van der Waals surface area contributed by atoms with Crippen LogP contribution >= 0.6 is 0 Å². The van der Waals surface area contributed by atoms with Crippen LogP contribution in [0.1, 0.15) is 0 Å². The summed E-state index contributed by atoms with van der Waals surface area (Å²) in [4.78, 5) is 5.39. The zero-order chi connectivity index (χ0) is 14.1. The smallest absolute Gasteiger partial charge is 0.288 e. The molecule has 0 atom stereocenters. The molecule has 0 aromatic carbocycles. The summed E-state index contributed by atoms with van der Waals surface area (Å²) < 4.78 is 54.2. The lowest BCUT2D eigenvalue weighted by Gasteiger charge is -2.24. The van der Waals surface area contributed by atoms with Gasteiger partial charge in [0.25, 0.3) is 5.92 Å². The molecular formula is C11H14F2N2O3S. The van der Waals surface area contributed by atoms with Gasteiger partial charge < -0.3 is 9.64 Å². The average molecular weight is 292 g/mol. The third-order valence-electron chi connectivity index (χ3n) is 2.71. The van der Waals surface area contributed by atoms with Gasteiger partial charge in [-0.25, -0.2) is 22.2 Å². The maximum absolute atomic E-state index is 13.4. The molecule has 8 heteroatoms. The van der Waals surface area contributed by atoms with E-state index >= 15 is 0 Å². The highest BCUT2D eigenvalue weighted by atomic mass is 32.2. The van der Waals surface area contributed by atoms with E-state index in [1.165, 1.54) is 23.2 Å². The fourth-order valence-electron chi connectivity index (χ4n) is 1.77. The van der Waals surface area contributed by atoms with Crippen LogP contribution in [0, 0.1) is 0 Å². The third-order valence-corrected chi connectivity index (χ3v) is 3.81. The van der Waals surface area contributed by atoms with E-state index < -0.39 is 28.9 Å². The van der Waals surface area contributed by atoms with Gasteiger partial charge >= 0.3 is 0 Å². The van der Waals surface area contributed by atoms with Crippen LogP contribution < -0.4 is 4.90 Å². The molecule has 0 amide bonds. The first-order valence-corrected chi connectivity index (χ1v) is 7.54. The van der Waals surface area contributed by atoms with Crippen molar-refractivity contribution in [1.29, 1.82) is 0 Å². The molecule has 0 unspecified atom stereocenters. The number of aromatic nitrogens is 1. The first kappa shape index (κ1) is 14.1. The van der Waals surface area contributed by atoms with E-state index in [0.29, 0.717) is 12.4 Å². The van der Waals surface area contributed by atoms with Gasteiger partial charge in [-0.15, -0.1) is 0 Å². The van der Waals surface area contributed by atoms with E-state index in [4.69, 9.17) is 4.74 Å². The molecule has 0 bridgehead atoms. The van der Waals surface area contributed by atoms with Crippen LogP contribution in [0.25, 0.3) is 0 Å². The molecule has 1 fully saturated rings. The van der Waals surface area contributed by atoms with E-state index in [1.807, 2.05) is 0 Å². The van der Waals surface area contributed by atoms with E-state index in [-0.39, 0.29) is 11.5 Å². The van der Waals surface area contributed by atoms with Crippen molar-refractivity contribution < 1.29 is 21.9 Å². The van der Waals surface area contributed by atoms with Crippen molar-refractivity contribution in [2.45, 2.75) is 10.8 Å². The van der Waals surface area contributed by atoms with Gasteiger partial charge in [0.15, 0.2) is 9.84 Å². The highest BCUT2D eigenvalue weighted by Crippen LogP contribution is 2.23. The van der Waals surface area contributed by atoms with Crippen molar-refractivity contribution in [3.8, 4) is 0 Å². The van der Waals surface area contributed by atoms with Crippen molar-refractivity contribution in [3.63, 3.8) is 0 Å². The topological polar surface area (TPSA) is 59.5 Å². The van der Waals surface area contributed by atoms with Gasteiger partial charge in [0, 0.05) is 19.0 Å². The Bertz CT molecular complexity index is 546. The molecule has 0 aliphatic carbocycles. The number of nitrogens with zero attached hydrogens (tertiary/aromatic N) is 2. The van der Waals surface area contributed by atoms with Gasteiger partial charge in [-0.2, -0.15) is 0 Å². The molecule has 2 rings (SSSR count). The Morgan fingerprint density at radius 3 is 2.74 bits per heavy atom. The quantitative estimate of drug-likeness (QED) is 0.812. The van der Waals surface area contributed by atoms with Gasteiger partial charge in [0.1, 0.15) is 12.4 Å². The monoisotopic (exact) mass is 292 g/mol. The maximum Gasteiger partial charge on any atom is 0.288 e. The number of hydrogen-bond acceptors (Lipinski definition) is 5. The van der Waals surface area contributed by atoms with E-state index in [0.717, 1.165) is 6.26 Å². The van der Waals surface area contributed by atoms with Crippen molar-refractivity contribution >= 4 is 15.7 Å². The number of hydrogen-bond donors (Lipinski definition) is 0. The highest BCUT2D eigenvalue weighted by Gasteiger charge is 2.34. The Morgan fingerprint density at radius 1 is 1.42 bits per heavy atom. The molecule has 5 nitrogen and oxygen atoms in total. The fourth-order valence-corrected chi connectivity index (χ4v) is 2.33. The summed E-state index contributed by atoms with van der Waals surface area (Å²) in [6.45, 7) is -0.616. The van der Waals surface area contributed by atoms with Crippen LogP contribution in [0.15, 0.2) is 23.2 Å². The summed E-state index contributed by atoms with van der Waals surface area (Å²) in [6, 6.07) is 2.79. The molecular weight excluding hydrogens is 278 g/mol. The van der Waals surface area contributed by atoms with E-state index in [1.54, 1.807) is 0 Å². The minimum absolute atomic E-state index is 0.0640. The van der Waals surface area contributed by atoms with Gasteiger partial charge in [-0.3, -0.25) is 0 Å². The molecule has 106 valence electrons. The molecule has 0 saturated carbocycles. The molecule has 0 spiro atoms. The summed E-state index contributed by atoms with van der Waals surface area (Å²) in [7, 11) is -3.33. The summed E-state index contributed by atoms with van der Waals surface area (Å²) in [5.74, 6) is -2.62. The summed E-state index contributed by atoms with van der Waals surface area (Å²) in [5, 5.41) is 0. The minimum Gasteiger partial charge on any atom is -0.373 e. The zero-order valence-corrected chi connectivity index (χ0v) is 11.2. The third kappa shape index (κ3) is 3.60. The number of ether oxygens (including phenoxy) is 1. The second-order valence-corrected chi connectivity index (χ2v) is 6.47. The summed E-state index contributed by atoms with van der Waals surface area (Å²) in [6.07, 6.45) is 2.24. The first-order chi connectivity index (χ1) is 8.78. The Hall–Kier alpha value is -1.28. The molecule has 1 aromatic heterocycles. The molecule has 1 aliphatic rings. The molecule has 1 saturated heterocycles. The predicted molar refractivity (Wildman–Crippen MR) is 65.3 cm³/mol. The van der Waals surface area contributed by atoms with E-state index in [9.17, 15) is 17.2 Å². The van der Waals surface area contributed by atoms with Crippen LogP contribution in [0.2, 0.25) is 0 Å². The van der Waals surface area contributed by atoms with Gasteiger partial charge in [0.2, 0.25) is 0 Å². The second kappa shape index (κ2) is 5.01. The van der Waals surface area contributed by atoms with Crippen molar-refractivity contribution in [2.24, 2.45) is 0 Å². The van der Waals surface area contributed by atoms with Crippen LogP contribution in [0.4, 0.5) is 14.6 Å². The number of halogens is 2. The van der Waals surface area contributed by atoms with Crippen molar-refractivity contribution in [2.75, 3.05) is 37.5 Å². The van der Waals surface area contributed by atoms with Crippen LogP contribution in [0.3, 0.4) is 0 Å². The van der Waals surface area contributed by atoms with Crippen LogP contribution in [0.5, 0.6) is 0 Å². The lowest BCUT2D eigenvalue weighted by Crippen LogP contribution is -2.37. The number of sulfone groups is 1. The Labute approximate surface area is 110 Å².